The maximum absolute atomic E-state index is 12.4. The van der Waals surface area contributed by atoms with Gasteiger partial charge in [0.15, 0.2) is 9.84 Å². The summed E-state index contributed by atoms with van der Waals surface area (Å²) in [6.07, 6.45) is -1.20. The van der Waals surface area contributed by atoms with Crippen LogP contribution in [0.3, 0.4) is 0 Å². The molecule has 0 aromatic heterocycles. The Kier molecular flexibility index (Phi) is 4.82. The molecule has 0 radical (unpaired) electrons. The lowest BCUT2D eigenvalue weighted by Crippen LogP contribution is -2.58. The lowest BCUT2D eigenvalue weighted by atomic mass is 9.92. The highest BCUT2D eigenvalue weighted by atomic mass is 32.2. The molecule has 2 N–H and O–H groups in total. The molecule has 0 spiro atoms. The molecule has 0 saturated carbocycles. The number of sulfone groups is 1. The van der Waals surface area contributed by atoms with Gasteiger partial charge in [-0.15, -0.1) is 0 Å². The number of alkyl carbamates (subject to hydrolysis) is 1. The first-order chi connectivity index (χ1) is 13.8. The number of carbonyl (C=O) groups is 2. The van der Waals surface area contributed by atoms with Gasteiger partial charge < -0.3 is 15.2 Å². The van der Waals surface area contributed by atoms with Crippen molar-refractivity contribution < 1.29 is 27.9 Å². The van der Waals surface area contributed by atoms with Crippen molar-refractivity contribution in [2.24, 2.45) is 0 Å². The van der Waals surface area contributed by atoms with Crippen molar-refractivity contribution in [1.82, 2.24) is 5.32 Å². The highest BCUT2D eigenvalue weighted by Crippen LogP contribution is 2.44. The minimum atomic E-state index is -3.27. The number of carbonyl (C=O) groups excluding carboxylic acids is 1. The Morgan fingerprint density at radius 2 is 1.52 bits per heavy atom. The third-order valence-electron chi connectivity index (χ3n) is 5.77. The molecular formula is C21H21NO6S. The predicted octanol–water partition coefficient (Wildman–Crippen LogP) is 2.56. The number of benzene rings is 2. The van der Waals surface area contributed by atoms with E-state index in [2.05, 4.69) is 5.32 Å². The number of hydrogen-bond acceptors (Lipinski definition) is 5. The second-order valence-corrected chi connectivity index (χ2v) is 9.79. The minimum Gasteiger partial charge on any atom is -0.480 e. The zero-order chi connectivity index (χ0) is 20.6. The minimum absolute atomic E-state index is 0.0634. The van der Waals surface area contributed by atoms with E-state index in [1.54, 1.807) is 0 Å². The molecule has 8 heteroatoms. The van der Waals surface area contributed by atoms with E-state index in [0.29, 0.717) is 0 Å². The Morgan fingerprint density at radius 3 is 2.03 bits per heavy atom. The Bertz CT molecular complexity index is 1020. The van der Waals surface area contributed by atoms with Crippen LogP contribution >= 0.6 is 0 Å². The van der Waals surface area contributed by atoms with Crippen molar-refractivity contribution in [3.63, 3.8) is 0 Å². The average Bonchev–Trinajstić information content (AvgIpc) is 3.02. The summed E-state index contributed by atoms with van der Waals surface area (Å²) in [6, 6.07) is 15.8. The Morgan fingerprint density at radius 1 is 1.00 bits per heavy atom. The maximum Gasteiger partial charge on any atom is 0.408 e. The molecule has 1 saturated heterocycles. The van der Waals surface area contributed by atoms with Crippen LogP contribution in [0, 0.1) is 0 Å². The van der Waals surface area contributed by atoms with Crippen LogP contribution in [-0.2, 0) is 19.4 Å². The van der Waals surface area contributed by atoms with Crippen LogP contribution in [0.4, 0.5) is 4.79 Å². The SMILES string of the molecule is O=C(NC1(C(=O)O)CCS(=O)(=O)CC1)OCC1c2ccccc2-c2ccccc21. The Balaban J connectivity index is 1.48. The molecule has 0 unspecified atom stereocenters. The van der Waals surface area contributed by atoms with Crippen LogP contribution in [0.15, 0.2) is 48.5 Å². The second-order valence-electron chi connectivity index (χ2n) is 7.49. The molecule has 2 aromatic rings. The predicted molar refractivity (Wildman–Crippen MR) is 106 cm³/mol. The topological polar surface area (TPSA) is 110 Å². The fourth-order valence-corrected chi connectivity index (χ4v) is 5.63. The van der Waals surface area contributed by atoms with Crippen molar-refractivity contribution in [1.29, 1.82) is 0 Å². The van der Waals surface area contributed by atoms with Gasteiger partial charge in [-0.25, -0.2) is 18.0 Å². The highest BCUT2D eigenvalue weighted by molar-refractivity contribution is 7.91. The van der Waals surface area contributed by atoms with Crippen molar-refractivity contribution in [2.75, 3.05) is 18.1 Å². The third kappa shape index (κ3) is 3.60. The van der Waals surface area contributed by atoms with E-state index >= 15 is 0 Å². The normalized spacial score (nSPS) is 19.0. The smallest absolute Gasteiger partial charge is 0.408 e. The molecule has 7 nitrogen and oxygen atoms in total. The van der Waals surface area contributed by atoms with Gasteiger partial charge >= 0.3 is 12.1 Å². The van der Waals surface area contributed by atoms with Gasteiger partial charge in [-0.2, -0.15) is 0 Å². The standard InChI is InChI=1S/C21H21NO6S/c23-19(24)21(9-11-29(26,27)12-10-21)22-20(25)28-13-18-16-7-3-1-5-14(16)15-6-2-4-8-17(15)18/h1-8,18H,9-13H2,(H,22,25)(H,23,24). The Labute approximate surface area is 168 Å². The lowest BCUT2D eigenvalue weighted by Gasteiger charge is -2.33. The fourth-order valence-electron chi connectivity index (χ4n) is 4.11. The van der Waals surface area contributed by atoms with Crippen molar-refractivity contribution >= 4 is 21.9 Å². The van der Waals surface area contributed by atoms with Gasteiger partial charge in [-0.05, 0) is 35.1 Å². The van der Waals surface area contributed by atoms with Gasteiger partial charge in [-0.1, -0.05) is 48.5 Å². The summed E-state index contributed by atoms with van der Waals surface area (Å²) in [4.78, 5) is 24.2. The van der Waals surface area contributed by atoms with E-state index in [9.17, 15) is 23.1 Å². The van der Waals surface area contributed by atoms with Crippen molar-refractivity contribution in [3.8, 4) is 11.1 Å². The van der Waals surface area contributed by atoms with Gasteiger partial charge in [0.05, 0.1) is 11.5 Å². The molecule has 1 amide bonds. The number of amides is 1. The van der Waals surface area contributed by atoms with E-state index in [-0.39, 0.29) is 36.9 Å². The summed E-state index contributed by atoms with van der Waals surface area (Å²) in [6.45, 7) is 0.0634. The summed E-state index contributed by atoms with van der Waals surface area (Å²) in [5.41, 5.74) is 2.68. The number of carboxylic acids is 1. The molecule has 1 fully saturated rings. The molecule has 4 rings (SSSR count). The van der Waals surface area contributed by atoms with Crippen LogP contribution in [0.5, 0.6) is 0 Å². The Hall–Kier alpha value is -2.87. The second kappa shape index (κ2) is 7.18. The van der Waals surface area contributed by atoms with E-state index < -0.39 is 27.4 Å². The summed E-state index contributed by atoms with van der Waals surface area (Å²) in [5.74, 6) is -1.94. The number of rotatable bonds is 4. The summed E-state index contributed by atoms with van der Waals surface area (Å²) in [7, 11) is -3.27. The van der Waals surface area contributed by atoms with Crippen LogP contribution in [-0.4, -0.2) is 49.2 Å². The van der Waals surface area contributed by atoms with Crippen LogP contribution < -0.4 is 5.32 Å². The van der Waals surface area contributed by atoms with E-state index in [1.165, 1.54) is 0 Å². The number of hydrogen-bond donors (Lipinski definition) is 2. The third-order valence-corrected chi connectivity index (χ3v) is 7.43. The molecule has 1 heterocycles. The first-order valence-corrected chi connectivity index (χ1v) is 11.2. The zero-order valence-electron chi connectivity index (χ0n) is 15.6. The largest absolute Gasteiger partial charge is 0.480 e. The van der Waals surface area contributed by atoms with Crippen molar-refractivity contribution in [2.45, 2.75) is 24.3 Å². The number of aliphatic carboxylic acids is 1. The molecule has 2 aliphatic rings. The van der Waals surface area contributed by atoms with E-state index in [4.69, 9.17) is 4.74 Å². The van der Waals surface area contributed by atoms with Crippen LogP contribution in [0.2, 0.25) is 0 Å². The van der Waals surface area contributed by atoms with Gasteiger partial charge in [0.1, 0.15) is 12.1 Å². The van der Waals surface area contributed by atoms with Gasteiger partial charge in [0, 0.05) is 5.92 Å². The highest BCUT2D eigenvalue weighted by Gasteiger charge is 2.45. The molecule has 0 atom stereocenters. The zero-order valence-corrected chi connectivity index (χ0v) is 16.4. The van der Waals surface area contributed by atoms with Gasteiger partial charge in [-0.3, -0.25) is 0 Å². The molecule has 1 aliphatic heterocycles. The lowest BCUT2D eigenvalue weighted by molar-refractivity contribution is -0.145. The average molecular weight is 415 g/mol. The van der Waals surface area contributed by atoms with E-state index in [0.717, 1.165) is 22.3 Å². The number of carboxylic acid groups (broad SMARTS) is 1. The molecule has 1 aliphatic carbocycles. The number of ether oxygens (including phenoxy) is 1. The van der Waals surface area contributed by atoms with Crippen molar-refractivity contribution in [3.05, 3.63) is 59.7 Å². The summed E-state index contributed by atoms with van der Waals surface area (Å²) >= 11 is 0. The summed E-state index contributed by atoms with van der Waals surface area (Å²) < 4.78 is 28.7. The molecule has 0 bridgehead atoms. The molecule has 152 valence electrons. The first kappa shape index (κ1) is 19.4. The van der Waals surface area contributed by atoms with Gasteiger partial charge in [0.2, 0.25) is 0 Å². The number of nitrogens with one attached hydrogen (secondary N) is 1. The van der Waals surface area contributed by atoms with E-state index in [1.807, 2.05) is 48.5 Å². The van der Waals surface area contributed by atoms with Crippen LogP contribution in [0.1, 0.15) is 29.9 Å². The number of fused-ring (bicyclic) bond motifs is 3. The summed E-state index contributed by atoms with van der Waals surface area (Å²) in [5, 5.41) is 12.0. The molecule has 29 heavy (non-hydrogen) atoms. The molecule has 2 aromatic carbocycles. The van der Waals surface area contributed by atoms with Gasteiger partial charge in [0.25, 0.3) is 0 Å². The van der Waals surface area contributed by atoms with Crippen LogP contribution in [0.25, 0.3) is 11.1 Å². The quantitative estimate of drug-likeness (QED) is 0.794. The first-order valence-electron chi connectivity index (χ1n) is 9.38. The molecular weight excluding hydrogens is 394 g/mol. The maximum atomic E-state index is 12.4. The fraction of sp³-hybridized carbons (Fsp3) is 0.333. The monoisotopic (exact) mass is 415 g/mol.